The average molecular weight is 127 g/mol. The minimum atomic E-state index is 0.366. The Hall–Kier alpha value is -0.370. The normalized spacial score (nSPS) is 32.2. The fraction of sp³-hybridized carbons (Fsp3) is 0.857. The van der Waals surface area contributed by atoms with Gasteiger partial charge in [0.05, 0.1) is 0 Å². The Morgan fingerprint density at radius 3 is 2.67 bits per heavy atom. The molecule has 2 unspecified atom stereocenters. The summed E-state index contributed by atoms with van der Waals surface area (Å²) < 4.78 is 0. The molecule has 0 radical (unpaired) electrons. The van der Waals surface area contributed by atoms with Crippen LogP contribution in [-0.2, 0) is 4.79 Å². The van der Waals surface area contributed by atoms with Gasteiger partial charge in [-0.15, -0.1) is 0 Å². The van der Waals surface area contributed by atoms with Gasteiger partial charge in [-0.1, -0.05) is 6.92 Å². The van der Waals surface area contributed by atoms with Crippen molar-refractivity contribution in [1.82, 2.24) is 0 Å². The lowest BCUT2D eigenvalue weighted by Crippen LogP contribution is -2.09. The molecule has 0 aromatic carbocycles. The highest BCUT2D eigenvalue weighted by atomic mass is 16.1. The SMILES string of the molecule is CC1CC1C(=O)CCN. The van der Waals surface area contributed by atoms with Gasteiger partial charge in [0.1, 0.15) is 5.78 Å². The van der Waals surface area contributed by atoms with Gasteiger partial charge >= 0.3 is 0 Å². The molecule has 1 saturated carbocycles. The van der Waals surface area contributed by atoms with Crippen LogP contribution in [0.25, 0.3) is 0 Å². The fourth-order valence-corrected chi connectivity index (χ4v) is 1.10. The van der Waals surface area contributed by atoms with E-state index in [1.54, 1.807) is 0 Å². The first-order chi connectivity index (χ1) is 4.25. The molecule has 2 nitrogen and oxygen atoms in total. The van der Waals surface area contributed by atoms with E-state index in [1.165, 1.54) is 0 Å². The van der Waals surface area contributed by atoms with Crippen molar-refractivity contribution in [2.45, 2.75) is 19.8 Å². The predicted molar refractivity (Wildman–Crippen MR) is 35.9 cm³/mol. The number of hydrogen-bond acceptors (Lipinski definition) is 2. The summed E-state index contributed by atoms with van der Waals surface area (Å²) in [6.07, 6.45) is 1.67. The molecule has 0 aromatic heterocycles. The molecule has 0 amide bonds. The maximum atomic E-state index is 10.9. The predicted octanol–water partition coefficient (Wildman–Crippen LogP) is 0.560. The molecule has 0 aliphatic heterocycles. The Morgan fingerprint density at radius 2 is 2.33 bits per heavy atom. The lowest BCUT2D eigenvalue weighted by molar-refractivity contribution is -0.120. The fourth-order valence-electron chi connectivity index (χ4n) is 1.10. The van der Waals surface area contributed by atoms with Crippen LogP contribution in [0.15, 0.2) is 0 Å². The van der Waals surface area contributed by atoms with Gasteiger partial charge in [-0.2, -0.15) is 0 Å². The summed E-state index contributed by atoms with van der Waals surface area (Å²) >= 11 is 0. The second-order valence-corrected chi connectivity index (χ2v) is 2.82. The average Bonchev–Trinajstić information content (AvgIpc) is 2.47. The molecular formula is C7H13NO. The van der Waals surface area contributed by atoms with Crippen molar-refractivity contribution < 1.29 is 4.79 Å². The van der Waals surface area contributed by atoms with Gasteiger partial charge in [0.15, 0.2) is 0 Å². The highest BCUT2D eigenvalue weighted by Gasteiger charge is 2.37. The highest BCUT2D eigenvalue weighted by Crippen LogP contribution is 2.38. The first-order valence-electron chi connectivity index (χ1n) is 3.48. The number of hydrogen-bond donors (Lipinski definition) is 1. The van der Waals surface area contributed by atoms with Crippen molar-refractivity contribution in [3.8, 4) is 0 Å². The second-order valence-electron chi connectivity index (χ2n) is 2.82. The molecule has 1 rings (SSSR count). The van der Waals surface area contributed by atoms with Crippen molar-refractivity contribution >= 4 is 5.78 Å². The van der Waals surface area contributed by atoms with Crippen LogP contribution in [0.5, 0.6) is 0 Å². The first kappa shape index (κ1) is 6.75. The minimum Gasteiger partial charge on any atom is -0.330 e. The molecule has 0 spiro atoms. The number of ketones is 1. The Balaban J connectivity index is 2.20. The van der Waals surface area contributed by atoms with Gasteiger partial charge in [0.25, 0.3) is 0 Å². The molecule has 2 heteroatoms. The Labute approximate surface area is 55.4 Å². The molecule has 1 aliphatic carbocycles. The van der Waals surface area contributed by atoms with E-state index in [9.17, 15) is 4.79 Å². The van der Waals surface area contributed by atoms with Crippen molar-refractivity contribution in [1.29, 1.82) is 0 Å². The minimum absolute atomic E-state index is 0.366. The molecule has 2 atom stereocenters. The summed E-state index contributed by atoms with van der Waals surface area (Å²) in [5.41, 5.74) is 5.22. The van der Waals surface area contributed by atoms with Crippen molar-refractivity contribution in [2.24, 2.45) is 17.6 Å². The quantitative estimate of drug-likeness (QED) is 0.602. The van der Waals surface area contributed by atoms with Crippen molar-refractivity contribution in [3.05, 3.63) is 0 Å². The largest absolute Gasteiger partial charge is 0.330 e. The second kappa shape index (κ2) is 2.48. The van der Waals surface area contributed by atoms with E-state index in [1.807, 2.05) is 0 Å². The zero-order valence-corrected chi connectivity index (χ0v) is 5.76. The van der Waals surface area contributed by atoms with Gasteiger partial charge < -0.3 is 5.73 Å². The summed E-state index contributed by atoms with van der Waals surface area (Å²) in [5.74, 6) is 1.38. The monoisotopic (exact) mass is 127 g/mol. The van der Waals surface area contributed by atoms with Crippen LogP contribution >= 0.6 is 0 Å². The van der Waals surface area contributed by atoms with Crippen LogP contribution in [-0.4, -0.2) is 12.3 Å². The van der Waals surface area contributed by atoms with Gasteiger partial charge in [-0.25, -0.2) is 0 Å². The van der Waals surface area contributed by atoms with E-state index in [0.717, 1.165) is 6.42 Å². The summed E-state index contributed by atoms with van der Waals surface area (Å²) in [5, 5.41) is 0. The Morgan fingerprint density at radius 1 is 1.78 bits per heavy atom. The molecule has 1 fully saturated rings. The molecular weight excluding hydrogens is 114 g/mol. The van der Waals surface area contributed by atoms with Crippen LogP contribution in [0.4, 0.5) is 0 Å². The van der Waals surface area contributed by atoms with E-state index >= 15 is 0 Å². The number of nitrogens with two attached hydrogens (primary N) is 1. The van der Waals surface area contributed by atoms with Crippen LogP contribution < -0.4 is 5.73 Å². The zero-order chi connectivity index (χ0) is 6.85. The number of Topliss-reactive ketones (excluding diaryl/α,β-unsaturated/α-hetero) is 1. The van der Waals surface area contributed by atoms with Gasteiger partial charge in [-0.3, -0.25) is 4.79 Å². The van der Waals surface area contributed by atoms with E-state index < -0.39 is 0 Å². The zero-order valence-electron chi connectivity index (χ0n) is 5.76. The van der Waals surface area contributed by atoms with Crippen molar-refractivity contribution in [3.63, 3.8) is 0 Å². The summed E-state index contributed by atoms with van der Waals surface area (Å²) in [6, 6.07) is 0. The molecule has 9 heavy (non-hydrogen) atoms. The maximum absolute atomic E-state index is 10.9. The smallest absolute Gasteiger partial charge is 0.137 e. The van der Waals surface area contributed by atoms with Crippen LogP contribution in [0, 0.1) is 11.8 Å². The Bertz CT molecular complexity index is 122. The van der Waals surface area contributed by atoms with E-state index in [2.05, 4.69) is 6.92 Å². The number of carbonyl (C=O) groups is 1. The molecule has 52 valence electrons. The van der Waals surface area contributed by atoms with E-state index in [-0.39, 0.29) is 0 Å². The van der Waals surface area contributed by atoms with Gasteiger partial charge in [0.2, 0.25) is 0 Å². The topological polar surface area (TPSA) is 43.1 Å². The lowest BCUT2D eigenvalue weighted by Gasteiger charge is -1.92. The van der Waals surface area contributed by atoms with E-state index in [0.29, 0.717) is 30.6 Å². The number of rotatable bonds is 3. The molecule has 1 aliphatic rings. The van der Waals surface area contributed by atoms with Crippen LogP contribution in [0.2, 0.25) is 0 Å². The summed E-state index contributed by atoms with van der Waals surface area (Å²) in [4.78, 5) is 10.9. The third-order valence-electron chi connectivity index (χ3n) is 1.91. The molecule has 0 bridgehead atoms. The Kier molecular flexibility index (Phi) is 1.86. The third kappa shape index (κ3) is 1.52. The number of carbonyl (C=O) groups excluding carboxylic acids is 1. The lowest BCUT2D eigenvalue weighted by atomic mass is 10.2. The summed E-state index contributed by atoms with van der Waals surface area (Å²) in [6.45, 7) is 2.63. The molecule has 0 aromatic rings. The van der Waals surface area contributed by atoms with Gasteiger partial charge in [-0.05, 0) is 18.9 Å². The van der Waals surface area contributed by atoms with Crippen LogP contribution in [0.3, 0.4) is 0 Å². The van der Waals surface area contributed by atoms with E-state index in [4.69, 9.17) is 5.73 Å². The highest BCUT2D eigenvalue weighted by molar-refractivity contribution is 5.83. The standard InChI is InChI=1S/C7H13NO/c1-5-4-6(5)7(9)2-3-8/h5-6H,2-4,8H2,1H3. The summed E-state index contributed by atoms with van der Waals surface area (Å²) in [7, 11) is 0. The third-order valence-corrected chi connectivity index (χ3v) is 1.91. The molecule has 0 heterocycles. The van der Waals surface area contributed by atoms with Crippen LogP contribution in [0.1, 0.15) is 19.8 Å². The van der Waals surface area contributed by atoms with Crippen molar-refractivity contribution in [2.75, 3.05) is 6.54 Å². The van der Waals surface area contributed by atoms with Gasteiger partial charge in [0, 0.05) is 12.3 Å². The maximum Gasteiger partial charge on any atom is 0.137 e. The molecule has 2 N–H and O–H groups in total. The first-order valence-corrected chi connectivity index (χ1v) is 3.48. The molecule has 0 saturated heterocycles.